The van der Waals surface area contributed by atoms with Gasteiger partial charge < -0.3 is 10.2 Å². The van der Waals surface area contributed by atoms with Crippen molar-refractivity contribution in [1.29, 1.82) is 0 Å². The van der Waals surface area contributed by atoms with Crippen molar-refractivity contribution in [3.05, 3.63) is 88.4 Å². The molecule has 1 saturated heterocycles. The average molecular weight is 420 g/mol. The Kier molecular flexibility index (Phi) is 6.54. The fraction of sp³-hybridized carbons (Fsp3) is 0.292. The van der Waals surface area contributed by atoms with Gasteiger partial charge in [-0.25, -0.2) is 0 Å². The lowest BCUT2D eigenvalue weighted by atomic mass is 9.88. The van der Waals surface area contributed by atoms with E-state index < -0.39 is 0 Å². The van der Waals surface area contributed by atoms with Crippen molar-refractivity contribution in [2.75, 3.05) is 6.54 Å². The highest BCUT2D eigenvalue weighted by atomic mass is 32.1. The number of piperidine rings is 1. The first kappa shape index (κ1) is 20.3. The number of likely N-dealkylation sites (tertiary alicyclic amines) is 1. The third-order valence-electron chi connectivity index (χ3n) is 5.55. The largest absolute Gasteiger partial charge is 0.352 e. The number of pyridine rings is 1. The monoisotopic (exact) mass is 419 g/mol. The first-order valence-electron chi connectivity index (χ1n) is 10.2. The molecule has 2 amide bonds. The second-order valence-corrected chi connectivity index (χ2v) is 8.61. The minimum Gasteiger partial charge on any atom is -0.352 e. The first-order valence-corrected chi connectivity index (χ1v) is 11.1. The number of carbonyl (C=O) groups excluding carboxylic acids is 2. The van der Waals surface area contributed by atoms with Gasteiger partial charge in [-0.15, -0.1) is 11.3 Å². The van der Waals surface area contributed by atoms with Crippen LogP contribution in [0.25, 0.3) is 0 Å². The zero-order valence-corrected chi connectivity index (χ0v) is 17.6. The van der Waals surface area contributed by atoms with E-state index in [0.717, 1.165) is 28.8 Å². The van der Waals surface area contributed by atoms with Crippen LogP contribution in [0.3, 0.4) is 0 Å². The number of thiophene rings is 1. The maximum absolute atomic E-state index is 13.2. The number of nitrogens with zero attached hydrogens (tertiary/aromatic N) is 2. The second-order valence-electron chi connectivity index (χ2n) is 7.58. The highest BCUT2D eigenvalue weighted by Gasteiger charge is 2.35. The zero-order valence-electron chi connectivity index (χ0n) is 16.7. The Morgan fingerprint density at radius 2 is 1.93 bits per heavy atom. The van der Waals surface area contributed by atoms with Gasteiger partial charge in [0.25, 0.3) is 0 Å². The van der Waals surface area contributed by atoms with Crippen LogP contribution < -0.4 is 5.32 Å². The van der Waals surface area contributed by atoms with Crippen LogP contribution >= 0.6 is 11.3 Å². The standard InChI is InChI=1S/C24H25N3O2S/c28-23(14-21-9-5-13-30-21)27-17-20(10-11-22(27)19-7-2-1-3-8-19)24(29)26-16-18-6-4-12-25-15-18/h1-9,12-13,15,20,22H,10-11,14,16-17H2,(H,26,29). The Bertz CT molecular complexity index is 961. The number of hydrogen-bond acceptors (Lipinski definition) is 4. The Balaban J connectivity index is 1.46. The molecule has 2 atom stereocenters. The zero-order chi connectivity index (χ0) is 20.8. The van der Waals surface area contributed by atoms with Crippen LogP contribution in [0, 0.1) is 5.92 Å². The molecule has 0 bridgehead atoms. The molecular weight excluding hydrogens is 394 g/mol. The van der Waals surface area contributed by atoms with Gasteiger partial charge in [-0.1, -0.05) is 42.5 Å². The summed E-state index contributed by atoms with van der Waals surface area (Å²) in [6, 6.07) is 17.9. The quantitative estimate of drug-likeness (QED) is 0.657. The molecule has 1 fully saturated rings. The Morgan fingerprint density at radius 1 is 1.07 bits per heavy atom. The Morgan fingerprint density at radius 3 is 2.67 bits per heavy atom. The number of carbonyl (C=O) groups is 2. The lowest BCUT2D eigenvalue weighted by molar-refractivity contribution is -0.138. The minimum absolute atomic E-state index is 0.000659. The third-order valence-corrected chi connectivity index (χ3v) is 6.43. The number of benzene rings is 1. The van der Waals surface area contributed by atoms with Gasteiger partial charge in [0.1, 0.15) is 0 Å². The van der Waals surface area contributed by atoms with E-state index in [-0.39, 0.29) is 23.8 Å². The molecule has 154 valence electrons. The maximum atomic E-state index is 13.2. The summed E-state index contributed by atoms with van der Waals surface area (Å²) in [5, 5.41) is 5.00. The Hall–Kier alpha value is -2.99. The molecule has 5 nitrogen and oxygen atoms in total. The predicted molar refractivity (Wildman–Crippen MR) is 118 cm³/mol. The molecule has 2 aromatic heterocycles. The molecule has 4 rings (SSSR count). The topological polar surface area (TPSA) is 62.3 Å². The molecule has 6 heteroatoms. The van der Waals surface area contributed by atoms with Crippen LogP contribution in [0.5, 0.6) is 0 Å². The van der Waals surface area contributed by atoms with E-state index in [2.05, 4.69) is 22.4 Å². The summed E-state index contributed by atoms with van der Waals surface area (Å²) in [7, 11) is 0. The minimum atomic E-state index is -0.200. The van der Waals surface area contributed by atoms with Crippen LogP contribution in [-0.2, 0) is 22.6 Å². The van der Waals surface area contributed by atoms with E-state index in [1.165, 1.54) is 0 Å². The molecule has 0 spiro atoms. The summed E-state index contributed by atoms with van der Waals surface area (Å²) in [6.45, 7) is 0.900. The van der Waals surface area contributed by atoms with Gasteiger partial charge in [0, 0.05) is 30.4 Å². The molecule has 1 aromatic carbocycles. The molecule has 2 unspecified atom stereocenters. The molecule has 0 saturated carbocycles. The van der Waals surface area contributed by atoms with Crippen LogP contribution in [-0.4, -0.2) is 28.2 Å². The second kappa shape index (κ2) is 9.67. The molecule has 1 aliphatic rings. The van der Waals surface area contributed by atoms with Crippen molar-refractivity contribution in [2.24, 2.45) is 5.92 Å². The van der Waals surface area contributed by atoms with Crippen LogP contribution in [0.15, 0.2) is 72.4 Å². The van der Waals surface area contributed by atoms with Gasteiger partial charge >= 0.3 is 0 Å². The fourth-order valence-corrected chi connectivity index (χ4v) is 4.68. The molecule has 30 heavy (non-hydrogen) atoms. The average Bonchev–Trinajstić information content (AvgIpc) is 3.31. The van der Waals surface area contributed by atoms with Crippen molar-refractivity contribution in [1.82, 2.24) is 15.2 Å². The lowest BCUT2D eigenvalue weighted by Crippen LogP contribution is -2.47. The van der Waals surface area contributed by atoms with E-state index in [4.69, 9.17) is 0 Å². The molecule has 3 heterocycles. The van der Waals surface area contributed by atoms with E-state index in [9.17, 15) is 9.59 Å². The number of amides is 2. The van der Waals surface area contributed by atoms with Gasteiger partial charge in [-0.05, 0) is 41.5 Å². The molecule has 3 aromatic rings. The van der Waals surface area contributed by atoms with Crippen LogP contribution in [0.4, 0.5) is 0 Å². The van der Waals surface area contributed by atoms with Crippen molar-refractivity contribution >= 4 is 23.2 Å². The van der Waals surface area contributed by atoms with Crippen molar-refractivity contribution in [2.45, 2.75) is 31.8 Å². The summed E-state index contributed by atoms with van der Waals surface area (Å²) in [5.41, 5.74) is 2.10. The molecule has 1 aliphatic heterocycles. The summed E-state index contributed by atoms with van der Waals surface area (Å²) in [4.78, 5) is 33.1. The summed E-state index contributed by atoms with van der Waals surface area (Å²) >= 11 is 1.59. The maximum Gasteiger partial charge on any atom is 0.228 e. The van der Waals surface area contributed by atoms with E-state index in [1.807, 2.05) is 52.7 Å². The third kappa shape index (κ3) is 4.94. The van der Waals surface area contributed by atoms with Gasteiger partial charge in [-0.3, -0.25) is 14.6 Å². The van der Waals surface area contributed by atoms with Gasteiger partial charge in [-0.2, -0.15) is 0 Å². The van der Waals surface area contributed by atoms with E-state index >= 15 is 0 Å². The summed E-state index contributed by atoms with van der Waals surface area (Å²) in [5.74, 6) is -0.121. The normalized spacial score (nSPS) is 18.7. The van der Waals surface area contributed by atoms with Crippen molar-refractivity contribution < 1.29 is 9.59 Å². The molecular formula is C24H25N3O2S. The predicted octanol–water partition coefficient (Wildman–Crippen LogP) is 3.98. The SMILES string of the molecule is O=C(NCc1cccnc1)C1CCC(c2ccccc2)N(C(=O)Cc2cccs2)C1. The Labute approximate surface area is 180 Å². The van der Waals surface area contributed by atoms with Crippen molar-refractivity contribution in [3.8, 4) is 0 Å². The number of hydrogen-bond donors (Lipinski definition) is 1. The van der Waals surface area contributed by atoms with E-state index in [1.54, 1.807) is 23.7 Å². The highest BCUT2D eigenvalue weighted by Crippen LogP contribution is 2.34. The number of rotatable bonds is 6. The highest BCUT2D eigenvalue weighted by molar-refractivity contribution is 7.10. The van der Waals surface area contributed by atoms with Crippen LogP contribution in [0.2, 0.25) is 0 Å². The van der Waals surface area contributed by atoms with Gasteiger partial charge in [0.15, 0.2) is 0 Å². The molecule has 0 aliphatic carbocycles. The van der Waals surface area contributed by atoms with E-state index in [0.29, 0.717) is 19.5 Å². The molecule has 1 N–H and O–H groups in total. The van der Waals surface area contributed by atoms with Crippen molar-refractivity contribution in [3.63, 3.8) is 0 Å². The molecule has 0 radical (unpaired) electrons. The smallest absolute Gasteiger partial charge is 0.228 e. The lowest BCUT2D eigenvalue weighted by Gasteiger charge is -2.39. The number of aromatic nitrogens is 1. The first-order chi connectivity index (χ1) is 14.7. The van der Waals surface area contributed by atoms with Gasteiger partial charge in [0.2, 0.25) is 11.8 Å². The fourth-order valence-electron chi connectivity index (χ4n) is 3.98. The van der Waals surface area contributed by atoms with Gasteiger partial charge in [0.05, 0.1) is 18.4 Å². The summed E-state index contributed by atoms with van der Waals surface area (Å²) < 4.78 is 0. The number of nitrogens with one attached hydrogen (secondary N) is 1. The summed E-state index contributed by atoms with van der Waals surface area (Å²) in [6.07, 6.45) is 5.40. The van der Waals surface area contributed by atoms with Crippen LogP contribution in [0.1, 0.15) is 34.9 Å².